The second-order valence-electron chi connectivity index (χ2n) is 9.03. The maximum Gasteiger partial charge on any atom is 0.328 e. The molecule has 0 saturated carbocycles. The molecule has 1 aliphatic rings. The number of hydrogen-bond acceptors (Lipinski definition) is 7. The van der Waals surface area contributed by atoms with E-state index in [0.29, 0.717) is 47.7 Å². The number of carbonyl (C=O) groups is 3. The van der Waals surface area contributed by atoms with Crippen LogP contribution in [0, 0.1) is 5.41 Å². The van der Waals surface area contributed by atoms with E-state index in [-0.39, 0.29) is 16.8 Å². The number of rotatable bonds is 8. The van der Waals surface area contributed by atoms with Gasteiger partial charge in [0.05, 0.1) is 14.2 Å². The number of pyridine rings is 1. The van der Waals surface area contributed by atoms with Gasteiger partial charge in [-0.25, -0.2) is 4.79 Å². The molecule has 9 heteroatoms. The first kappa shape index (κ1) is 25.6. The second-order valence-corrected chi connectivity index (χ2v) is 10.0. The van der Waals surface area contributed by atoms with Crippen LogP contribution in [0.4, 0.5) is 0 Å². The standard InChI is InChI=1S/C25H30N2O6S/c1-25(2)13-20-17(21(28)14-25)12-18(22(29)26-19(10-11-34-5)24(31)33-4)23(30)27(20)15-6-8-16(32-3)9-7-15/h6-9,12,19H,10-11,13-14H2,1-5H3,(H,26,29)/t19-/m0/s1. The highest BCUT2D eigenvalue weighted by Gasteiger charge is 2.35. The zero-order valence-electron chi connectivity index (χ0n) is 20.1. The number of carbonyl (C=O) groups excluding carboxylic acids is 3. The maximum absolute atomic E-state index is 13.6. The lowest BCUT2D eigenvalue weighted by atomic mass is 9.75. The first-order valence-corrected chi connectivity index (χ1v) is 12.4. The van der Waals surface area contributed by atoms with Crippen LogP contribution in [0.3, 0.4) is 0 Å². The summed E-state index contributed by atoms with van der Waals surface area (Å²) in [5.41, 5.74) is 0.358. The van der Waals surface area contributed by atoms with E-state index in [4.69, 9.17) is 9.47 Å². The van der Waals surface area contributed by atoms with Crippen LogP contribution in [0.2, 0.25) is 0 Å². The monoisotopic (exact) mass is 486 g/mol. The summed E-state index contributed by atoms with van der Waals surface area (Å²) >= 11 is 1.53. The van der Waals surface area contributed by atoms with Crippen molar-refractivity contribution in [3.8, 4) is 11.4 Å². The molecule has 34 heavy (non-hydrogen) atoms. The largest absolute Gasteiger partial charge is 0.497 e. The minimum atomic E-state index is -0.899. The molecule has 0 unspecified atom stereocenters. The topological polar surface area (TPSA) is 104 Å². The summed E-state index contributed by atoms with van der Waals surface area (Å²) in [7, 11) is 2.79. The van der Waals surface area contributed by atoms with Crippen LogP contribution in [0.15, 0.2) is 35.1 Å². The van der Waals surface area contributed by atoms with Crippen LogP contribution in [0.1, 0.15) is 53.1 Å². The van der Waals surface area contributed by atoms with Crippen molar-refractivity contribution in [2.45, 2.75) is 39.2 Å². The summed E-state index contributed by atoms with van der Waals surface area (Å²) in [5, 5.41) is 2.62. The van der Waals surface area contributed by atoms with E-state index in [1.165, 1.54) is 29.5 Å². The number of esters is 1. The number of thioether (sulfide) groups is 1. The molecule has 1 heterocycles. The number of hydrogen-bond donors (Lipinski definition) is 1. The van der Waals surface area contributed by atoms with E-state index in [2.05, 4.69) is 5.32 Å². The maximum atomic E-state index is 13.6. The number of nitrogens with zero attached hydrogens (tertiary/aromatic N) is 1. The highest BCUT2D eigenvalue weighted by atomic mass is 32.2. The molecule has 0 aliphatic heterocycles. The summed E-state index contributed by atoms with van der Waals surface area (Å²) in [6.45, 7) is 3.95. The van der Waals surface area contributed by atoms with Crippen molar-refractivity contribution in [1.82, 2.24) is 9.88 Å². The van der Waals surface area contributed by atoms with Crippen molar-refractivity contribution >= 4 is 29.4 Å². The predicted molar refractivity (Wildman–Crippen MR) is 131 cm³/mol. The Balaban J connectivity index is 2.14. The highest BCUT2D eigenvalue weighted by Crippen LogP contribution is 2.35. The quantitative estimate of drug-likeness (QED) is 0.572. The fourth-order valence-corrected chi connectivity index (χ4v) is 4.62. The number of Topliss-reactive ketones (excluding diaryl/α,β-unsaturated/α-hetero) is 1. The predicted octanol–water partition coefficient (Wildman–Crippen LogP) is 3.03. The average molecular weight is 487 g/mol. The number of benzene rings is 1. The van der Waals surface area contributed by atoms with Gasteiger partial charge >= 0.3 is 5.97 Å². The van der Waals surface area contributed by atoms with Crippen LogP contribution < -0.4 is 15.6 Å². The fourth-order valence-electron chi connectivity index (χ4n) is 4.14. The number of nitrogens with one attached hydrogen (secondary N) is 1. The van der Waals surface area contributed by atoms with E-state index in [1.807, 2.05) is 20.1 Å². The summed E-state index contributed by atoms with van der Waals surface area (Å²) in [5.74, 6) is -0.202. The fraction of sp³-hybridized carbons (Fsp3) is 0.440. The van der Waals surface area contributed by atoms with Gasteiger partial charge in [0.1, 0.15) is 17.4 Å². The molecule has 1 amide bonds. The molecular weight excluding hydrogens is 456 g/mol. The van der Waals surface area contributed by atoms with Crippen molar-refractivity contribution < 1.29 is 23.9 Å². The first-order chi connectivity index (χ1) is 16.1. The molecule has 1 aromatic carbocycles. The third kappa shape index (κ3) is 5.35. The SMILES string of the molecule is COC(=O)[C@H](CCSC)NC(=O)c1cc2c(n(-c3ccc(OC)cc3)c1=O)CC(C)(C)CC2=O. The minimum absolute atomic E-state index is 0.130. The van der Waals surface area contributed by atoms with Crippen molar-refractivity contribution in [1.29, 1.82) is 0 Å². The molecule has 0 spiro atoms. The van der Waals surface area contributed by atoms with Gasteiger partial charge < -0.3 is 14.8 Å². The Morgan fingerprint density at radius 2 is 1.82 bits per heavy atom. The van der Waals surface area contributed by atoms with E-state index >= 15 is 0 Å². The molecule has 2 aromatic rings. The molecule has 1 atom stereocenters. The van der Waals surface area contributed by atoms with Gasteiger partial charge in [0.2, 0.25) is 0 Å². The van der Waals surface area contributed by atoms with Crippen LogP contribution in [-0.4, -0.2) is 54.5 Å². The third-order valence-electron chi connectivity index (χ3n) is 5.87. The minimum Gasteiger partial charge on any atom is -0.497 e. The van der Waals surface area contributed by atoms with Gasteiger partial charge in [-0.15, -0.1) is 0 Å². The molecule has 3 rings (SSSR count). The average Bonchev–Trinajstić information content (AvgIpc) is 2.80. The van der Waals surface area contributed by atoms with E-state index < -0.39 is 23.5 Å². The van der Waals surface area contributed by atoms with Crippen LogP contribution >= 0.6 is 11.8 Å². The smallest absolute Gasteiger partial charge is 0.328 e. The van der Waals surface area contributed by atoms with Crippen molar-refractivity contribution in [2.24, 2.45) is 5.41 Å². The summed E-state index contributed by atoms with van der Waals surface area (Å²) < 4.78 is 11.5. The number of methoxy groups -OCH3 is 2. The molecule has 1 aliphatic carbocycles. The molecule has 0 saturated heterocycles. The Labute approximate surface area is 203 Å². The molecule has 0 bridgehead atoms. The number of ether oxygens (including phenoxy) is 2. The number of fused-ring (bicyclic) bond motifs is 1. The lowest BCUT2D eigenvalue weighted by Crippen LogP contribution is -2.45. The Morgan fingerprint density at radius 3 is 2.41 bits per heavy atom. The lowest BCUT2D eigenvalue weighted by Gasteiger charge is -2.32. The zero-order valence-corrected chi connectivity index (χ0v) is 20.9. The molecular formula is C25H30N2O6S. The number of ketones is 1. The van der Waals surface area contributed by atoms with E-state index in [0.717, 1.165) is 0 Å². The van der Waals surface area contributed by atoms with Crippen LogP contribution in [-0.2, 0) is 16.0 Å². The summed E-state index contributed by atoms with van der Waals surface area (Å²) in [6, 6.07) is 7.32. The molecule has 8 nitrogen and oxygen atoms in total. The van der Waals surface area contributed by atoms with Gasteiger partial charge in [-0.05, 0) is 60.6 Å². The van der Waals surface area contributed by atoms with Gasteiger partial charge in [0, 0.05) is 23.4 Å². The zero-order chi connectivity index (χ0) is 25.0. The van der Waals surface area contributed by atoms with Gasteiger partial charge in [-0.2, -0.15) is 11.8 Å². The molecule has 182 valence electrons. The Kier molecular flexibility index (Phi) is 7.86. The van der Waals surface area contributed by atoms with Gasteiger partial charge in [0.25, 0.3) is 11.5 Å². The number of amides is 1. The van der Waals surface area contributed by atoms with Crippen molar-refractivity contribution in [3.63, 3.8) is 0 Å². The summed E-state index contributed by atoms with van der Waals surface area (Å²) in [4.78, 5) is 52.0. The molecule has 1 N–H and O–H groups in total. The Morgan fingerprint density at radius 1 is 1.15 bits per heavy atom. The van der Waals surface area contributed by atoms with Gasteiger partial charge in [0.15, 0.2) is 5.78 Å². The summed E-state index contributed by atoms with van der Waals surface area (Å²) in [6.07, 6.45) is 3.04. The molecule has 0 radical (unpaired) electrons. The van der Waals surface area contributed by atoms with E-state index in [9.17, 15) is 19.2 Å². The van der Waals surface area contributed by atoms with Crippen LogP contribution in [0.5, 0.6) is 5.75 Å². The third-order valence-corrected chi connectivity index (χ3v) is 6.51. The van der Waals surface area contributed by atoms with E-state index in [1.54, 1.807) is 31.4 Å². The van der Waals surface area contributed by atoms with Crippen LogP contribution in [0.25, 0.3) is 5.69 Å². The highest BCUT2D eigenvalue weighted by molar-refractivity contribution is 7.98. The lowest BCUT2D eigenvalue weighted by molar-refractivity contribution is -0.142. The second kappa shape index (κ2) is 10.5. The van der Waals surface area contributed by atoms with Crippen molar-refractivity contribution in [2.75, 3.05) is 26.2 Å². The number of aromatic nitrogens is 1. The van der Waals surface area contributed by atoms with Gasteiger partial charge in [-0.1, -0.05) is 13.8 Å². The first-order valence-electron chi connectivity index (χ1n) is 11.0. The normalized spacial score (nSPS) is 15.3. The molecule has 1 aromatic heterocycles. The Hall–Kier alpha value is -3.07. The Bertz CT molecular complexity index is 1150. The molecule has 0 fully saturated rings. The van der Waals surface area contributed by atoms with Gasteiger partial charge in [-0.3, -0.25) is 19.0 Å². The van der Waals surface area contributed by atoms with Crippen molar-refractivity contribution in [3.05, 3.63) is 57.5 Å².